The number of carbonyl (C=O) groups excluding carboxylic acids is 2. The lowest BCUT2D eigenvalue weighted by Crippen LogP contribution is -2.49. The van der Waals surface area contributed by atoms with Crippen molar-refractivity contribution in [2.75, 3.05) is 0 Å². The van der Waals surface area contributed by atoms with Gasteiger partial charge in [0.15, 0.2) is 0 Å². The van der Waals surface area contributed by atoms with Gasteiger partial charge in [-0.1, -0.05) is 72.6 Å². The summed E-state index contributed by atoms with van der Waals surface area (Å²) < 4.78 is 5.83. The van der Waals surface area contributed by atoms with Crippen LogP contribution in [0.25, 0.3) is 0 Å². The Kier molecular flexibility index (Phi) is 8.32. The minimum Gasteiger partial charge on any atom is -0.457 e. The van der Waals surface area contributed by atoms with Crippen LogP contribution in [0.3, 0.4) is 0 Å². The number of ether oxygens (including phenoxy) is 1. The molecule has 0 spiro atoms. The zero-order valence-corrected chi connectivity index (χ0v) is 21.1. The van der Waals surface area contributed by atoms with Gasteiger partial charge in [0.2, 0.25) is 11.8 Å². The average molecular weight is 511 g/mol. The third-order valence-electron chi connectivity index (χ3n) is 6.31. The van der Waals surface area contributed by atoms with E-state index in [1.165, 1.54) is 0 Å². The van der Waals surface area contributed by atoms with Crippen molar-refractivity contribution in [2.24, 2.45) is 0 Å². The molecule has 1 aliphatic rings. The van der Waals surface area contributed by atoms with E-state index in [-0.39, 0.29) is 30.8 Å². The lowest BCUT2D eigenvalue weighted by molar-refractivity contribution is -0.140. The molecule has 2 unspecified atom stereocenters. The van der Waals surface area contributed by atoms with Crippen molar-refractivity contribution in [3.05, 3.63) is 94.0 Å². The van der Waals surface area contributed by atoms with Gasteiger partial charge >= 0.3 is 0 Å². The van der Waals surface area contributed by atoms with Crippen LogP contribution >= 0.6 is 23.2 Å². The highest BCUT2D eigenvalue weighted by atomic mass is 35.5. The highest BCUT2D eigenvalue weighted by Crippen LogP contribution is 2.29. The van der Waals surface area contributed by atoms with Gasteiger partial charge in [-0.3, -0.25) is 9.59 Å². The highest BCUT2D eigenvalue weighted by molar-refractivity contribution is 6.42. The molecule has 4 rings (SSSR count). The van der Waals surface area contributed by atoms with Crippen LogP contribution in [-0.2, 0) is 22.6 Å². The predicted octanol–water partition coefficient (Wildman–Crippen LogP) is 6.41. The van der Waals surface area contributed by atoms with Gasteiger partial charge < -0.3 is 15.0 Å². The number of benzene rings is 3. The molecule has 1 N–H and O–H groups in total. The quantitative estimate of drug-likeness (QED) is 0.380. The van der Waals surface area contributed by atoms with Crippen molar-refractivity contribution in [3.63, 3.8) is 0 Å². The van der Waals surface area contributed by atoms with Gasteiger partial charge in [0.25, 0.3) is 0 Å². The fraction of sp³-hybridized carbons (Fsp3) is 0.286. The number of nitrogens with zero attached hydrogens (tertiary/aromatic N) is 1. The maximum absolute atomic E-state index is 13.3. The summed E-state index contributed by atoms with van der Waals surface area (Å²) in [4.78, 5) is 28.2. The molecular formula is C28H28Cl2N2O3. The van der Waals surface area contributed by atoms with E-state index in [0.717, 1.165) is 29.7 Å². The number of hydrogen-bond acceptors (Lipinski definition) is 3. The Balaban J connectivity index is 1.39. The largest absolute Gasteiger partial charge is 0.457 e. The van der Waals surface area contributed by atoms with Crippen LogP contribution in [0.5, 0.6) is 11.5 Å². The molecule has 0 aromatic heterocycles. The van der Waals surface area contributed by atoms with Crippen molar-refractivity contribution in [2.45, 2.75) is 51.2 Å². The fourth-order valence-electron chi connectivity index (χ4n) is 4.47. The molecule has 1 fully saturated rings. The molecule has 1 saturated heterocycles. The number of likely N-dealkylation sites (tertiary alicyclic amines) is 1. The molecule has 0 aliphatic carbocycles. The Bertz CT molecular complexity index is 1170. The van der Waals surface area contributed by atoms with E-state index in [9.17, 15) is 9.59 Å². The lowest BCUT2D eigenvalue weighted by Gasteiger charge is -2.29. The van der Waals surface area contributed by atoms with Crippen LogP contribution in [-0.4, -0.2) is 28.8 Å². The first-order chi connectivity index (χ1) is 17.0. The minimum atomic E-state index is -0.494. The standard InChI is InChI=1S/C28H28Cl2N2O3/c1-2-21-13-16-25(28(34)31-18-20-7-6-10-24(29)27(20)30)32(21)26(33)17-19-11-14-23(15-12-19)35-22-8-4-3-5-9-22/h3-12,14-15,21,25H,2,13,16-18H2,1H3,(H,31,34). The Hall–Kier alpha value is -3.02. The monoisotopic (exact) mass is 510 g/mol. The molecule has 2 atom stereocenters. The molecule has 3 aromatic carbocycles. The molecule has 35 heavy (non-hydrogen) atoms. The van der Waals surface area contributed by atoms with Gasteiger partial charge in [-0.2, -0.15) is 0 Å². The molecule has 182 valence electrons. The molecule has 7 heteroatoms. The fourth-order valence-corrected chi connectivity index (χ4v) is 4.86. The number of hydrogen-bond donors (Lipinski definition) is 1. The van der Waals surface area contributed by atoms with Crippen molar-refractivity contribution in [3.8, 4) is 11.5 Å². The SMILES string of the molecule is CCC1CCC(C(=O)NCc2cccc(Cl)c2Cl)N1C(=O)Cc1ccc(Oc2ccccc2)cc1. The summed E-state index contributed by atoms with van der Waals surface area (Å²) in [7, 11) is 0. The van der Waals surface area contributed by atoms with Crippen LogP contribution < -0.4 is 10.1 Å². The third-order valence-corrected chi connectivity index (χ3v) is 7.16. The van der Waals surface area contributed by atoms with Gasteiger partial charge in [-0.25, -0.2) is 0 Å². The van der Waals surface area contributed by atoms with Crippen molar-refractivity contribution < 1.29 is 14.3 Å². The normalized spacial score (nSPS) is 17.3. The van der Waals surface area contributed by atoms with Gasteiger partial charge in [0, 0.05) is 12.6 Å². The van der Waals surface area contributed by atoms with E-state index in [1.807, 2.05) is 67.6 Å². The minimum absolute atomic E-state index is 0.0491. The van der Waals surface area contributed by atoms with Crippen LogP contribution in [0.15, 0.2) is 72.8 Å². The third kappa shape index (κ3) is 6.16. The second kappa shape index (κ2) is 11.6. The molecule has 1 aliphatic heterocycles. The zero-order chi connectivity index (χ0) is 24.8. The molecule has 0 bridgehead atoms. The summed E-state index contributed by atoms with van der Waals surface area (Å²) >= 11 is 12.3. The maximum atomic E-state index is 13.3. The van der Waals surface area contributed by atoms with Gasteiger partial charge in [-0.05, 0) is 60.7 Å². The van der Waals surface area contributed by atoms with Crippen molar-refractivity contribution in [1.82, 2.24) is 10.2 Å². The predicted molar refractivity (Wildman–Crippen MR) is 139 cm³/mol. The first-order valence-corrected chi connectivity index (χ1v) is 12.6. The summed E-state index contributed by atoms with van der Waals surface area (Å²) in [5.74, 6) is 1.24. The van der Waals surface area contributed by atoms with Crippen molar-refractivity contribution in [1.29, 1.82) is 0 Å². The summed E-state index contributed by atoms with van der Waals surface area (Å²) in [6.07, 6.45) is 2.48. The molecule has 1 heterocycles. The summed E-state index contributed by atoms with van der Waals surface area (Å²) in [5, 5.41) is 3.82. The number of nitrogens with one attached hydrogen (secondary N) is 1. The summed E-state index contributed by atoms with van der Waals surface area (Å²) in [6, 6.07) is 21.9. The summed E-state index contributed by atoms with van der Waals surface area (Å²) in [5.41, 5.74) is 1.62. The number of rotatable bonds is 8. The topological polar surface area (TPSA) is 58.6 Å². The number of halogens is 2. The van der Waals surface area contributed by atoms with Crippen LogP contribution in [0.1, 0.15) is 37.3 Å². The molecule has 2 amide bonds. The van der Waals surface area contributed by atoms with E-state index in [2.05, 4.69) is 5.32 Å². The lowest BCUT2D eigenvalue weighted by atomic mass is 10.1. The number of amides is 2. The van der Waals surface area contributed by atoms with E-state index in [0.29, 0.717) is 22.2 Å². The Morgan fingerprint density at radius 1 is 0.943 bits per heavy atom. The maximum Gasteiger partial charge on any atom is 0.243 e. The molecular weight excluding hydrogens is 483 g/mol. The van der Waals surface area contributed by atoms with Gasteiger partial charge in [0.05, 0.1) is 16.5 Å². The van der Waals surface area contributed by atoms with Crippen LogP contribution in [0.2, 0.25) is 10.0 Å². The number of carbonyl (C=O) groups is 2. The molecule has 3 aromatic rings. The van der Waals surface area contributed by atoms with E-state index in [4.69, 9.17) is 27.9 Å². The Morgan fingerprint density at radius 2 is 1.66 bits per heavy atom. The molecule has 0 saturated carbocycles. The van der Waals surface area contributed by atoms with Crippen molar-refractivity contribution >= 4 is 35.0 Å². The molecule has 0 radical (unpaired) electrons. The first-order valence-electron chi connectivity index (χ1n) is 11.8. The second-order valence-electron chi connectivity index (χ2n) is 8.62. The average Bonchev–Trinajstić information content (AvgIpc) is 3.31. The zero-order valence-electron chi connectivity index (χ0n) is 19.5. The Morgan fingerprint density at radius 3 is 2.37 bits per heavy atom. The summed E-state index contributed by atoms with van der Waals surface area (Å²) in [6.45, 7) is 2.31. The van der Waals surface area contributed by atoms with Gasteiger partial charge in [-0.15, -0.1) is 0 Å². The highest BCUT2D eigenvalue weighted by Gasteiger charge is 2.39. The van der Waals surface area contributed by atoms with Gasteiger partial charge in [0.1, 0.15) is 17.5 Å². The van der Waals surface area contributed by atoms with E-state index in [1.54, 1.807) is 17.0 Å². The van der Waals surface area contributed by atoms with Crippen LogP contribution in [0, 0.1) is 0 Å². The van der Waals surface area contributed by atoms with Crippen LogP contribution in [0.4, 0.5) is 0 Å². The number of para-hydroxylation sites is 1. The second-order valence-corrected chi connectivity index (χ2v) is 9.41. The smallest absolute Gasteiger partial charge is 0.243 e. The molecule has 5 nitrogen and oxygen atoms in total. The first kappa shape index (κ1) is 25.1. The van der Waals surface area contributed by atoms with E-state index < -0.39 is 6.04 Å². The Labute approximate surface area is 216 Å². The van der Waals surface area contributed by atoms with E-state index >= 15 is 0 Å².